The van der Waals surface area contributed by atoms with Crippen LogP contribution >= 0.6 is 11.3 Å². The number of benzene rings is 2. The summed E-state index contributed by atoms with van der Waals surface area (Å²) in [6, 6.07) is 11.5. The first-order valence-corrected chi connectivity index (χ1v) is 7.65. The first kappa shape index (κ1) is 15.2. The smallest absolute Gasteiger partial charge is 0.250 e. The van der Waals surface area contributed by atoms with Gasteiger partial charge in [-0.3, -0.25) is 10.1 Å². The molecule has 0 radical (unpaired) electrons. The largest absolute Gasteiger partial charge is 0.494 e. The van der Waals surface area contributed by atoms with Crippen LogP contribution in [-0.4, -0.2) is 18.0 Å². The minimum absolute atomic E-state index is 0.299. The third-order valence-electron chi connectivity index (χ3n) is 3.13. The van der Waals surface area contributed by atoms with Gasteiger partial charge in [-0.25, -0.2) is 9.37 Å². The minimum atomic E-state index is -0.310. The summed E-state index contributed by atoms with van der Waals surface area (Å²) in [4.78, 5) is 16.3. The normalized spacial score (nSPS) is 11.0. The molecule has 0 atom stereocenters. The summed E-state index contributed by atoms with van der Waals surface area (Å²) in [5, 5.41) is 3.21. The highest BCUT2D eigenvalue weighted by Crippen LogP contribution is 2.31. The monoisotopic (exact) mass is 328 g/mol. The summed E-state index contributed by atoms with van der Waals surface area (Å²) in [5.74, 6) is 0.0588. The van der Waals surface area contributed by atoms with E-state index in [0.717, 1.165) is 15.8 Å². The number of hydrogen-bond acceptors (Lipinski definition) is 4. The van der Waals surface area contributed by atoms with Gasteiger partial charge >= 0.3 is 0 Å². The Morgan fingerprint density at radius 1 is 1.26 bits per heavy atom. The number of rotatable bonds is 4. The van der Waals surface area contributed by atoms with Crippen LogP contribution in [0.1, 0.15) is 5.56 Å². The van der Waals surface area contributed by atoms with Gasteiger partial charge < -0.3 is 4.74 Å². The number of ether oxygens (including phenoxy) is 1. The van der Waals surface area contributed by atoms with Crippen molar-refractivity contribution in [3.8, 4) is 5.75 Å². The van der Waals surface area contributed by atoms with Crippen LogP contribution in [0.3, 0.4) is 0 Å². The summed E-state index contributed by atoms with van der Waals surface area (Å²) >= 11 is 1.37. The summed E-state index contributed by atoms with van der Waals surface area (Å²) in [7, 11) is 1.58. The molecule has 2 aromatic carbocycles. The Kier molecular flexibility index (Phi) is 4.34. The molecule has 0 unspecified atom stereocenters. The van der Waals surface area contributed by atoms with Crippen molar-refractivity contribution in [3.63, 3.8) is 0 Å². The van der Waals surface area contributed by atoms with E-state index in [1.54, 1.807) is 25.3 Å². The summed E-state index contributed by atoms with van der Waals surface area (Å²) < 4.78 is 19.0. The molecule has 0 fully saturated rings. The number of hydrogen-bond donors (Lipinski definition) is 1. The lowest BCUT2D eigenvalue weighted by Gasteiger charge is -1.98. The van der Waals surface area contributed by atoms with Crippen molar-refractivity contribution in [2.24, 2.45) is 0 Å². The molecule has 4 nitrogen and oxygen atoms in total. The Hall–Kier alpha value is -2.73. The molecule has 1 N–H and O–H groups in total. The van der Waals surface area contributed by atoms with Crippen molar-refractivity contribution in [2.45, 2.75) is 0 Å². The molecule has 0 aliphatic carbocycles. The van der Waals surface area contributed by atoms with Crippen LogP contribution in [0.25, 0.3) is 16.3 Å². The Labute approximate surface area is 136 Å². The van der Waals surface area contributed by atoms with Crippen LogP contribution in [0, 0.1) is 5.82 Å². The van der Waals surface area contributed by atoms with Crippen molar-refractivity contribution < 1.29 is 13.9 Å². The second-order valence-corrected chi connectivity index (χ2v) is 5.73. The highest BCUT2D eigenvalue weighted by molar-refractivity contribution is 7.22. The Balaban J connectivity index is 1.74. The standard InChI is InChI=1S/C17H13FN2O2S/c1-22-13-3-2-4-14-16(13)20-17(23-14)19-15(21)10-7-11-5-8-12(18)9-6-11/h2-10H,1H3,(H,19,20,21)/b10-7+. The lowest BCUT2D eigenvalue weighted by Crippen LogP contribution is -2.07. The molecule has 0 spiro atoms. The van der Waals surface area contributed by atoms with Crippen molar-refractivity contribution in [1.82, 2.24) is 4.98 Å². The van der Waals surface area contributed by atoms with Gasteiger partial charge in [0.25, 0.3) is 0 Å². The Morgan fingerprint density at radius 2 is 2.04 bits per heavy atom. The van der Waals surface area contributed by atoms with E-state index in [1.165, 1.54) is 29.5 Å². The lowest BCUT2D eigenvalue weighted by atomic mass is 10.2. The maximum atomic E-state index is 12.8. The number of thiazole rings is 1. The second kappa shape index (κ2) is 6.58. The van der Waals surface area contributed by atoms with Gasteiger partial charge in [-0.05, 0) is 35.9 Å². The molecule has 0 saturated heterocycles. The molecular weight excluding hydrogens is 315 g/mol. The van der Waals surface area contributed by atoms with E-state index in [1.807, 2.05) is 18.2 Å². The number of nitrogens with one attached hydrogen (secondary N) is 1. The van der Waals surface area contributed by atoms with Crippen LogP contribution in [-0.2, 0) is 4.79 Å². The number of para-hydroxylation sites is 1. The predicted octanol–water partition coefficient (Wildman–Crippen LogP) is 4.10. The number of halogens is 1. The molecule has 1 heterocycles. The van der Waals surface area contributed by atoms with E-state index < -0.39 is 0 Å². The van der Waals surface area contributed by atoms with Gasteiger partial charge in [0.1, 0.15) is 17.1 Å². The number of amides is 1. The van der Waals surface area contributed by atoms with Crippen LogP contribution in [0.4, 0.5) is 9.52 Å². The fourth-order valence-electron chi connectivity index (χ4n) is 2.03. The number of aromatic nitrogens is 1. The van der Waals surface area contributed by atoms with Gasteiger partial charge in [0.15, 0.2) is 5.13 Å². The highest BCUT2D eigenvalue weighted by atomic mass is 32.1. The van der Waals surface area contributed by atoms with Gasteiger partial charge in [0.05, 0.1) is 11.8 Å². The van der Waals surface area contributed by atoms with Gasteiger partial charge in [0, 0.05) is 6.08 Å². The molecule has 0 aliphatic rings. The average molecular weight is 328 g/mol. The van der Waals surface area contributed by atoms with Gasteiger partial charge in [-0.1, -0.05) is 29.5 Å². The van der Waals surface area contributed by atoms with Crippen LogP contribution in [0.5, 0.6) is 5.75 Å². The molecular formula is C17H13FN2O2S. The van der Waals surface area contributed by atoms with Gasteiger partial charge in [0.2, 0.25) is 5.91 Å². The summed E-state index contributed by atoms with van der Waals surface area (Å²) in [5.41, 5.74) is 1.46. The molecule has 0 saturated carbocycles. The maximum absolute atomic E-state index is 12.8. The zero-order valence-electron chi connectivity index (χ0n) is 12.2. The molecule has 116 valence electrons. The topological polar surface area (TPSA) is 51.2 Å². The Morgan fingerprint density at radius 3 is 2.78 bits per heavy atom. The zero-order chi connectivity index (χ0) is 16.2. The number of carbonyl (C=O) groups excluding carboxylic acids is 1. The Bertz CT molecular complexity index is 872. The third-order valence-corrected chi connectivity index (χ3v) is 4.07. The first-order chi connectivity index (χ1) is 11.2. The molecule has 0 bridgehead atoms. The molecule has 1 amide bonds. The number of nitrogens with zero attached hydrogens (tertiary/aromatic N) is 1. The fourth-order valence-corrected chi connectivity index (χ4v) is 2.92. The van der Waals surface area contributed by atoms with E-state index in [4.69, 9.17) is 4.74 Å². The fraction of sp³-hybridized carbons (Fsp3) is 0.0588. The first-order valence-electron chi connectivity index (χ1n) is 6.84. The molecule has 1 aromatic heterocycles. The van der Waals surface area contributed by atoms with E-state index >= 15 is 0 Å². The van der Waals surface area contributed by atoms with Crippen molar-refractivity contribution >= 4 is 38.7 Å². The summed E-state index contributed by atoms with van der Waals surface area (Å²) in [6.45, 7) is 0. The van der Waals surface area contributed by atoms with E-state index in [-0.39, 0.29) is 11.7 Å². The third kappa shape index (κ3) is 3.54. The SMILES string of the molecule is COc1cccc2sc(NC(=O)/C=C/c3ccc(F)cc3)nc12. The molecule has 6 heteroatoms. The lowest BCUT2D eigenvalue weighted by molar-refractivity contribution is -0.111. The quantitative estimate of drug-likeness (QED) is 0.734. The molecule has 23 heavy (non-hydrogen) atoms. The molecule has 3 rings (SSSR count). The van der Waals surface area contributed by atoms with Crippen molar-refractivity contribution in [3.05, 3.63) is 59.9 Å². The number of carbonyl (C=O) groups is 1. The van der Waals surface area contributed by atoms with Gasteiger partial charge in [-0.15, -0.1) is 0 Å². The molecule has 0 aliphatic heterocycles. The maximum Gasteiger partial charge on any atom is 0.250 e. The number of methoxy groups -OCH3 is 1. The van der Waals surface area contributed by atoms with Crippen molar-refractivity contribution in [1.29, 1.82) is 0 Å². The molecule has 3 aromatic rings. The van der Waals surface area contributed by atoms with Gasteiger partial charge in [-0.2, -0.15) is 0 Å². The number of fused-ring (bicyclic) bond motifs is 1. The van der Waals surface area contributed by atoms with E-state index in [0.29, 0.717) is 10.9 Å². The zero-order valence-corrected chi connectivity index (χ0v) is 13.1. The predicted molar refractivity (Wildman–Crippen MR) is 90.2 cm³/mol. The second-order valence-electron chi connectivity index (χ2n) is 4.70. The van der Waals surface area contributed by atoms with Crippen LogP contribution in [0.15, 0.2) is 48.5 Å². The number of anilines is 1. The van der Waals surface area contributed by atoms with Crippen molar-refractivity contribution in [2.75, 3.05) is 12.4 Å². The van der Waals surface area contributed by atoms with Crippen LogP contribution < -0.4 is 10.1 Å². The highest BCUT2D eigenvalue weighted by Gasteiger charge is 2.09. The van der Waals surface area contributed by atoms with E-state index in [9.17, 15) is 9.18 Å². The summed E-state index contributed by atoms with van der Waals surface area (Å²) in [6.07, 6.45) is 3.00. The van der Waals surface area contributed by atoms with Crippen LogP contribution in [0.2, 0.25) is 0 Å². The average Bonchev–Trinajstić information content (AvgIpc) is 2.96. The minimum Gasteiger partial charge on any atom is -0.494 e. The van der Waals surface area contributed by atoms with E-state index in [2.05, 4.69) is 10.3 Å².